The molecular weight excluding hydrogens is 264 g/mol. The molecule has 1 heterocycles. The second kappa shape index (κ2) is 5.78. The maximum atomic E-state index is 6.01. The van der Waals surface area contributed by atoms with Crippen LogP contribution in [0.1, 0.15) is 28.4 Å². The third-order valence-electron chi connectivity index (χ3n) is 3.96. The number of fused-ring (bicyclic) bond motifs is 1. The number of aryl methyl sites for hydroxylation is 1. The van der Waals surface area contributed by atoms with Gasteiger partial charge in [-0.3, -0.25) is 0 Å². The number of benzene rings is 2. The topological polar surface area (TPSA) is 27.7 Å². The van der Waals surface area contributed by atoms with Gasteiger partial charge in [-0.25, -0.2) is 0 Å². The average molecular weight is 284 g/mol. The molecule has 0 radical (unpaired) electrons. The molecule has 0 fully saturated rings. The lowest BCUT2D eigenvalue weighted by atomic mass is 9.92. The molecule has 0 amide bonds. The molecule has 1 aliphatic heterocycles. The molecule has 2 aromatic carbocycles. The van der Waals surface area contributed by atoms with Crippen LogP contribution in [0.15, 0.2) is 36.4 Å². The highest BCUT2D eigenvalue weighted by Crippen LogP contribution is 2.39. The van der Waals surface area contributed by atoms with Crippen LogP contribution in [-0.2, 0) is 11.2 Å². The summed E-state index contributed by atoms with van der Waals surface area (Å²) >= 11 is 0. The summed E-state index contributed by atoms with van der Waals surface area (Å²) in [6.07, 6.45) is 0.868. The second-order valence-corrected chi connectivity index (χ2v) is 5.32. The first-order chi connectivity index (χ1) is 10.2. The quantitative estimate of drug-likeness (QED) is 0.860. The van der Waals surface area contributed by atoms with E-state index in [2.05, 4.69) is 37.3 Å². The van der Waals surface area contributed by atoms with Crippen molar-refractivity contribution in [3.8, 4) is 11.5 Å². The van der Waals surface area contributed by atoms with E-state index in [1.807, 2.05) is 6.07 Å². The number of rotatable bonds is 3. The molecular formula is C18H20O3. The Morgan fingerprint density at radius 3 is 2.33 bits per heavy atom. The molecule has 0 N–H and O–H groups in total. The Morgan fingerprint density at radius 1 is 1.00 bits per heavy atom. The second-order valence-electron chi connectivity index (χ2n) is 5.32. The van der Waals surface area contributed by atoms with E-state index in [4.69, 9.17) is 14.2 Å². The summed E-state index contributed by atoms with van der Waals surface area (Å²) in [4.78, 5) is 0. The van der Waals surface area contributed by atoms with Crippen molar-refractivity contribution >= 4 is 0 Å². The Balaban J connectivity index is 2.06. The first kappa shape index (κ1) is 14.0. The molecule has 0 aliphatic carbocycles. The summed E-state index contributed by atoms with van der Waals surface area (Å²) in [5.41, 5.74) is 4.86. The third kappa shape index (κ3) is 2.61. The van der Waals surface area contributed by atoms with Crippen molar-refractivity contribution in [3.05, 3.63) is 58.7 Å². The number of ether oxygens (including phenoxy) is 3. The predicted octanol–water partition coefficient (Wildman–Crippen LogP) is 3.67. The van der Waals surface area contributed by atoms with Crippen LogP contribution < -0.4 is 9.47 Å². The van der Waals surface area contributed by atoms with Gasteiger partial charge < -0.3 is 14.2 Å². The Hall–Kier alpha value is -2.00. The van der Waals surface area contributed by atoms with Crippen molar-refractivity contribution in [1.29, 1.82) is 0 Å². The van der Waals surface area contributed by atoms with Gasteiger partial charge in [-0.05, 0) is 42.2 Å². The lowest BCUT2D eigenvalue weighted by Gasteiger charge is -2.27. The molecule has 3 rings (SSSR count). The molecule has 0 saturated carbocycles. The maximum Gasteiger partial charge on any atom is 0.161 e. The van der Waals surface area contributed by atoms with Crippen LogP contribution >= 0.6 is 0 Å². The monoisotopic (exact) mass is 284 g/mol. The average Bonchev–Trinajstić information content (AvgIpc) is 2.53. The van der Waals surface area contributed by atoms with Crippen molar-refractivity contribution in [2.75, 3.05) is 20.8 Å². The Morgan fingerprint density at radius 2 is 1.67 bits per heavy atom. The molecule has 0 aromatic heterocycles. The van der Waals surface area contributed by atoms with Gasteiger partial charge in [-0.2, -0.15) is 0 Å². The molecule has 0 bridgehead atoms. The fraction of sp³-hybridized carbons (Fsp3) is 0.333. The van der Waals surface area contributed by atoms with Gasteiger partial charge in [0, 0.05) is 0 Å². The van der Waals surface area contributed by atoms with E-state index in [9.17, 15) is 0 Å². The Bertz CT molecular complexity index is 632. The highest BCUT2D eigenvalue weighted by molar-refractivity contribution is 5.50. The van der Waals surface area contributed by atoms with E-state index in [0.717, 1.165) is 24.5 Å². The summed E-state index contributed by atoms with van der Waals surface area (Å²) < 4.78 is 16.8. The van der Waals surface area contributed by atoms with Crippen molar-refractivity contribution < 1.29 is 14.2 Å². The zero-order valence-electron chi connectivity index (χ0n) is 12.7. The molecule has 0 unspecified atom stereocenters. The number of methoxy groups -OCH3 is 2. The standard InChI is InChI=1S/C18H20O3/c1-12-4-6-13(7-5-12)18-15-11-17(20-3)16(19-2)10-14(15)8-9-21-18/h4-7,10-11,18H,8-9H2,1-3H3/t18-/m0/s1. The molecule has 3 heteroatoms. The normalized spacial score (nSPS) is 17.2. The van der Waals surface area contributed by atoms with E-state index in [1.165, 1.54) is 22.3 Å². The van der Waals surface area contributed by atoms with Crippen molar-refractivity contribution in [2.45, 2.75) is 19.4 Å². The SMILES string of the molecule is COc1cc2c(cc1OC)[C@H](c1ccc(C)cc1)OCC2. The molecule has 0 saturated heterocycles. The smallest absolute Gasteiger partial charge is 0.161 e. The molecule has 2 aromatic rings. The van der Waals surface area contributed by atoms with Crippen LogP contribution in [-0.4, -0.2) is 20.8 Å². The summed E-state index contributed by atoms with van der Waals surface area (Å²) in [5.74, 6) is 1.53. The lowest BCUT2D eigenvalue weighted by Crippen LogP contribution is -2.17. The summed E-state index contributed by atoms with van der Waals surface area (Å²) in [6, 6.07) is 12.6. The highest BCUT2D eigenvalue weighted by Gasteiger charge is 2.24. The number of hydrogen-bond donors (Lipinski definition) is 0. The Labute approximate surface area is 125 Å². The summed E-state index contributed by atoms with van der Waals surface area (Å²) in [6.45, 7) is 2.81. The molecule has 110 valence electrons. The minimum absolute atomic E-state index is 0.0332. The van der Waals surface area contributed by atoms with Crippen LogP contribution in [0.3, 0.4) is 0 Å². The molecule has 21 heavy (non-hydrogen) atoms. The largest absolute Gasteiger partial charge is 0.493 e. The minimum atomic E-state index is -0.0332. The number of hydrogen-bond acceptors (Lipinski definition) is 3. The first-order valence-electron chi connectivity index (χ1n) is 7.16. The van der Waals surface area contributed by atoms with Gasteiger partial charge >= 0.3 is 0 Å². The molecule has 1 aliphatic rings. The van der Waals surface area contributed by atoms with Gasteiger partial charge in [0.25, 0.3) is 0 Å². The van der Waals surface area contributed by atoms with E-state index in [1.54, 1.807) is 14.2 Å². The fourth-order valence-corrected chi connectivity index (χ4v) is 2.79. The van der Waals surface area contributed by atoms with E-state index in [-0.39, 0.29) is 6.10 Å². The zero-order valence-corrected chi connectivity index (χ0v) is 12.7. The van der Waals surface area contributed by atoms with Crippen LogP contribution in [0.2, 0.25) is 0 Å². The fourth-order valence-electron chi connectivity index (χ4n) is 2.79. The van der Waals surface area contributed by atoms with Gasteiger partial charge in [-0.1, -0.05) is 29.8 Å². The summed E-state index contributed by atoms with van der Waals surface area (Å²) in [5, 5.41) is 0. The van der Waals surface area contributed by atoms with Gasteiger partial charge in [0.05, 0.1) is 20.8 Å². The van der Waals surface area contributed by atoms with Crippen LogP contribution in [0.25, 0.3) is 0 Å². The lowest BCUT2D eigenvalue weighted by molar-refractivity contribution is 0.0695. The van der Waals surface area contributed by atoms with Gasteiger partial charge in [-0.15, -0.1) is 0 Å². The highest BCUT2D eigenvalue weighted by atomic mass is 16.5. The molecule has 1 atom stereocenters. The van der Waals surface area contributed by atoms with E-state index in [0.29, 0.717) is 0 Å². The predicted molar refractivity (Wildman–Crippen MR) is 82.2 cm³/mol. The third-order valence-corrected chi connectivity index (χ3v) is 3.96. The van der Waals surface area contributed by atoms with Crippen LogP contribution in [0, 0.1) is 6.92 Å². The minimum Gasteiger partial charge on any atom is -0.493 e. The zero-order chi connectivity index (χ0) is 14.8. The van der Waals surface area contributed by atoms with Crippen molar-refractivity contribution in [1.82, 2.24) is 0 Å². The van der Waals surface area contributed by atoms with Crippen LogP contribution in [0.5, 0.6) is 11.5 Å². The first-order valence-corrected chi connectivity index (χ1v) is 7.16. The van der Waals surface area contributed by atoms with Gasteiger partial charge in [0.1, 0.15) is 6.10 Å². The summed E-state index contributed by atoms with van der Waals surface area (Å²) in [7, 11) is 3.33. The van der Waals surface area contributed by atoms with Crippen molar-refractivity contribution in [2.24, 2.45) is 0 Å². The Kier molecular flexibility index (Phi) is 3.84. The van der Waals surface area contributed by atoms with E-state index < -0.39 is 0 Å². The van der Waals surface area contributed by atoms with Gasteiger partial charge in [0.15, 0.2) is 11.5 Å². The van der Waals surface area contributed by atoms with Crippen LogP contribution in [0.4, 0.5) is 0 Å². The van der Waals surface area contributed by atoms with E-state index >= 15 is 0 Å². The molecule has 3 nitrogen and oxygen atoms in total. The van der Waals surface area contributed by atoms with Gasteiger partial charge in [0.2, 0.25) is 0 Å². The maximum absolute atomic E-state index is 6.01. The van der Waals surface area contributed by atoms with Crippen molar-refractivity contribution in [3.63, 3.8) is 0 Å². The molecule has 0 spiro atoms.